The fraction of sp³-hybridized carbons (Fsp3) is 0.0526. The molecule has 0 saturated carbocycles. The van der Waals surface area contributed by atoms with Gasteiger partial charge in [-0.2, -0.15) is 13.2 Å². The Kier molecular flexibility index (Phi) is 5.25. The maximum absolute atomic E-state index is 13.3. The van der Waals surface area contributed by atoms with Crippen molar-refractivity contribution in [1.82, 2.24) is 4.98 Å². The van der Waals surface area contributed by atoms with Crippen LogP contribution in [-0.2, 0) is 6.18 Å². The molecule has 9 heteroatoms. The highest BCUT2D eigenvalue weighted by Gasteiger charge is 2.30. The molecule has 2 aromatic carbocycles. The van der Waals surface area contributed by atoms with Crippen LogP contribution in [0.2, 0.25) is 0 Å². The van der Waals surface area contributed by atoms with Crippen LogP contribution in [0.4, 0.5) is 39.1 Å². The summed E-state index contributed by atoms with van der Waals surface area (Å²) in [4.78, 5) is 16.3. The van der Waals surface area contributed by atoms with E-state index >= 15 is 0 Å². The van der Waals surface area contributed by atoms with E-state index < -0.39 is 29.3 Å². The number of aromatic nitrogens is 1. The van der Waals surface area contributed by atoms with Crippen molar-refractivity contribution in [2.24, 2.45) is 0 Å². The Bertz CT molecular complexity index is 1000. The first-order chi connectivity index (χ1) is 13.2. The maximum Gasteiger partial charge on any atom is 0.416 e. The summed E-state index contributed by atoms with van der Waals surface area (Å²) in [6, 6.07) is 9.94. The van der Waals surface area contributed by atoms with Gasteiger partial charge in [0.05, 0.1) is 5.56 Å². The summed E-state index contributed by atoms with van der Waals surface area (Å²) in [6.45, 7) is 0. The van der Waals surface area contributed by atoms with Gasteiger partial charge in [-0.15, -0.1) is 0 Å². The summed E-state index contributed by atoms with van der Waals surface area (Å²) < 4.78 is 64.0. The molecule has 0 fully saturated rings. The standard InChI is InChI=1S/C19H12F5N3O/c20-15-6-5-14(10-16(15)21)26-17-9-11(7-8-25-17)18(28)27-13-3-1-12(2-4-13)19(22,23)24/h1-10H,(H,25,26)(H,27,28). The zero-order valence-electron chi connectivity index (χ0n) is 14.0. The highest BCUT2D eigenvalue weighted by molar-refractivity contribution is 6.04. The molecule has 3 rings (SSSR count). The number of hydrogen-bond donors (Lipinski definition) is 2. The molecule has 0 aliphatic carbocycles. The molecular weight excluding hydrogens is 381 g/mol. The van der Waals surface area contributed by atoms with Gasteiger partial charge in [0.15, 0.2) is 11.6 Å². The molecule has 0 spiro atoms. The Morgan fingerprint density at radius 3 is 2.18 bits per heavy atom. The number of hydrogen-bond acceptors (Lipinski definition) is 3. The zero-order chi connectivity index (χ0) is 20.3. The van der Waals surface area contributed by atoms with Gasteiger partial charge in [-0.3, -0.25) is 4.79 Å². The molecule has 0 bridgehead atoms. The molecule has 0 saturated heterocycles. The maximum atomic E-state index is 13.3. The van der Waals surface area contributed by atoms with Crippen molar-refractivity contribution >= 4 is 23.1 Å². The smallest absolute Gasteiger partial charge is 0.340 e. The minimum Gasteiger partial charge on any atom is -0.340 e. The number of halogens is 5. The largest absolute Gasteiger partial charge is 0.416 e. The summed E-state index contributed by atoms with van der Waals surface area (Å²) in [6.07, 6.45) is -3.14. The molecule has 0 aliphatic rings. The second-order valence-corrected chi connectivity index (χ2v) is 5.71. The lowest BCUT2D eigenvalue weighted by Crippen LogP contribution is -2.13. The van der Waals surface area contributed by atoms with Crippen molar-refractivity contribution in [3.8, 4) is 0 Å². The molecule has 0 unspecified atom stereocenters. The van der Waals surface area contributed by atoms with Crippen LogP contribution in [0.5, 0.6) is 0 Å². The monoisotopic (exact) mass is 393 g/mol. The second kappa shape index (κ2) is 7.63. The van der Waals surface area contributed by atoms with Gasteiger partial charge in [0.25, 0.3) is 5.91 Å². The first-order valence-electron chi connectivity index (χ1n) is 7.89. The van der Waals surface area contributed by atoms with Crippen LogP contribution in [0.1, 0.15) is 15.9 Å². The number of carbonyl (C=O) groups excluding carboxylic acids is 1. The number of amides is 1. The molecule has 0 aliphatic heterocycles. The summed E-state index contributed by atoms with van der Waals surface area (Å²) in [5, 5.41) is 5.21. The normalized spacial score (nSPS) is 11.2. The van der Waals surface area contributed by atoms with E-state index in [1.807, 2.05) is 0 Å². The molecule has 3 aromatic rings. The molecule has 2 N–H and O–H groups in total. The SMILES string of the molecule is O=C(Nc1ccc(C(F)(F)F)cc1)c1ccnc(Nc2ccc(F)c(F)c2)c1. The molecule has 1 aromatic heterocycles. The average molecular weight is 393 g/mol. The number of benzene rings is 2. The third-order valence-corrected chi connectivity index (χ3v) is 3.68. The number of alkyl halides is 3. The van der Waals surface area contributed by atoms with Gasteiger partial charge in [0.2, 0.25) is 0 Å². The predicted octanol–water partition coefficient (Wildman–Crippen LogP) is 5.37. The molecule has 0 atom stereocenters. The van der Waals surface area contributed by atoms with Gasteiger partial charge in [-0.05, 0) is 48.5 Å². The van der Waals surface area contributed by atoms with Crippen molar-refractivity contribution in [3.05, 3.63) is 83.6 Å². The van der Waals surface area contributed by atoms with Gasteiger partial charge < -0.3 is 10.6 Å². The lowest BCUT2D eigenvalue weighted by Gasteiger charge is -2.10. The topological polar surface area (TPSA) is 54.0 Å². The van der Waals surface area contributed by atoms with E-state index in [2.05, 4.69) is 15.6 Å². The fourth-order valence-electron chi connectivity index (χ4n) is 2.31. The number of nitrogens with zero attached hydrogens (tertiary/aromatic N) is 1. The average Bonchev–Trinajstić information content (AvgIpc) is 2.65. The summed E-state index contributed by atoms with van der Waals surface area (Å²) in [5.74, 6) is -2.41. The van der Waals surface area contributed by atoms with E-state index in [1.54, 1.807) is 0 Å². The lowest BCUT2D eigenvalue weighted by atomic mass is 10.2. The third kappa shape index (κ3) is 4.61. The van der Waals surface area contributed by atoms with E-state index in [0.29, 0.717) is 0 Å². The van der Waals surface area contributed by atoms with Gasteiger partial charge in [0.1, 0.15) is 5.82 Å². The summed E-state index contributed by atoms with van der Waals surface area (Å²) in [5.41, 5.74) is -0.246. The highest BCUT2D eigenvalue weighted by atomic mass is 19.4. The molecule has 28 heavy (non-hydrogen) atoms. The van der Waals surface area contributed by atoms with Crippen LogP contribution in [-0.4, -0.2) is 10.9 Å². The molecule has 1 heterocycles. The number of carbonyl (C=O) groups is 1. The van der Waals surface area contributed by atoms with Crippen molar-refractivity contribution in [1.29, 1.82) is 0 Å². The van der Waals surface area contributed by atoms with Crippen molar-refractivity contribution in [3.63, 3.8) is 0 Å². The predicted molar refractivity (Wildman–Crippen MR) is 93.3 cm³/mol. The Morgan fingerprint density at radius 1 is 0.857 bits per heavy atom. The van der Waals surface area contributed by atoms with Crippen LogP contribution in [0.15, 0.2) is 60.8 Å². The summed E-state index contributed by atoms with van der Waals surface area (Å²) in [7, 11) is 0. The number of pyridine rings is 1. The number of nitrogens with one attached hydrogen (secondary N) is 2. The Balaban J connectivity index is 1.72. The number of anilines is 3. The zero-order valence-corrected chi connectivity index (χ0v) is 14.0. The van der Waals surface area contributed by atoms with Gasteiger partial charge in [-0.25, -0.2) is 13.8 Å². The Morgan fingerprint density at radius 2 is 1.54 bits per heavy atom. The highest BCUT2D eigenvalue weighted by Crippen LogP contribution is 2.30. The third-order valence-electron chi connectivity index (χ3n) is 3.68. The Hall–Kier alpha value is -3.49. The van der Waals surface area contributed by atoms with E-state index in [9.17, 15) is 26.7 Å². The molecule has 144 valence electrons. The van der Waals surface area contributed by atoms with E-state index in [-0.39, 0.29) is 22.8 Å². The van der Waals surface area contributed by atoms with Crippen LogP contribution in [0, 0.1) is 11.6 Å². The quantitative estimate of drug-likeness (QED) is 0.586. The second-order valence-electron chi connectivity index (χ2n) is 5.71. The fourth-order valence-corrected chi connectivity index (χ4v) is 2.31. The summed E-state index contributed by atoms with van der Waals surface area (Å²) >= 11 is 0. The van der Waals surface area contributed by atoms with E-state index in [1.165, 1.54) is 24.4 Å². The first-order valence-corrected chi connectivity index (χ1v) is 7.89. The van der Waals surface area contributed by atoms with Crippen LogP contribution in [0.25, 0.3) is 0 Å². The molecule has 4 nitrogen and oxygen atoms in total. The van der Waals surface area contributed by atoms with Gasteiger partial charge in [-0.1, -0.05) is 0 Å². The van der Waals surface area contributed by atoms with Crippen LogP contribution >= 0.6 is 0 Å². The number of rotatable bonds is 4. The van der Waals surface area contributed by atoms with Gasteiger partial charge in [0, 0.05) is 29.2 Å². The van der Waals surface area contributed by atoms with Crippen molar-refractivity contribution in [2.45, 2.75) is 6.18 Å². The molecule has 1 amide bonds. The van der Waals surface area contributed by atoms with Crippen molar-refractivity contribution in [2.75, 3.05) is 10.6 Å². The first kappa shape index (κ1) is 19.3. The van der Waals surface area contributed by atoms with Crippen LogP contribution in [0.3, 0.4) is 0 Å². The van der Waals surface area contributed by atoms with Crippen LogP contribution < -0.4 is 10.6 Å². The minimum atomic E-state index is -4.46. The van der Waals surface area contributed by atoms with Gasteiger partial charge >= 0.3 is 6.18 Å². The molecular formula is C19H12F5N3O. The molecule has 0 radical (unpaired) electrons. The van der Waals surface area contributed by atoms with E-state index in [4.69, 9.17) is 0 Å². The minimum absolute atomic E-state index is 0.167. The Labute approximate surface area is 156 Å². The van der Waals surface area contributed by atoms with E-state index in [0.717, 1.165) is 36.4 Å². The van der Waals surface area contributed by atoms with Crippen molar-refractivity contribution < 1.29 is 26.7 Å². The lowest BCUT2D eigenvalue weighted by molar-refractivity contribution is -0.137.